The maximum Gasteiger partial charge on any atom is 0.203 e. The normalized spacial score (nSPS) is 13.6. The second-order valence-corrected chi connectivity index (χ2v) is 8.73. The van der Waals surface area contributed by atoms with Crippen LogP contribution in [0.15, 0.2) is 65.6 Å². The highest BCUT2D eigenvalue weighted by Gasteiger charge is 2.14. The molecule has 0 bridgehead atoms. The number of nitrogens with zero attached hydrogens (tertiary/aromatic N) is 2. The first-order chi connectivity index (χ1) is 11.9. The topological polar surface area (TPSA) is 58.2 Å². The third-order valence-electron chi connectivity index (χ3n) is 4.10. The number of aromatic nitrogens is 2. The number of hydrogen-bond donors (Lipinski definition) is 1. The first kappa shape index (κ1) is 17.6. The van der Waals surface area contributed by atoms with Crippen LogP contribution in [0.25, 0.3) is 22.6 Å². The lowest BCUT2D eigenvalue weighted by Gasteiger charge is -2.02. The number of aryl methyl sites for hydroxylation is 2. The summed E-state index contributed by atoms with van der Waals surface area (Å²) in [5, 5.41) is 0. The van der Waals surface area contributed by atoms with Gasteiger partial charge in [-0.05, 0) is 19.1 Å². The van der Waals surface area contributed by atoms with Gasteiger partial charge in [-0.2, -0.15) is 0 Å². The number of hydrogen-bond acceptors (Lipinski definition) is 2. The molecule has 3 aromatic rings. The van der Waals surface area contributed by atoms with Gasteiger partial charge in [-0.3, -0.25) is 4.57 Å². The van der Waals surface area contributed by atoms with Crippen LogP contribution < -0.4 is 9.13 Å². The first-order valence-electron chi connectivity index (χ1n) is 8.33. The summed E-state index contributed by atoms with van der Waals surface area (Å²) < 4.78 is 21.4. The molecule has 0 amide bonds. The summed E-state index contributed by atoms with van der Waals surface area (Å²) in [5.41, 5.74) is 2.02. The van der Waals surface area contributed by atoms with Gasteiger partial charge >= 0.3 is 0 Å². The van der Waals surface area contributed by atoms with Crippen LogP contribution in [-0.2, 0) is 17.7 Å². The van der Waals surface area contributed by atoms with Crippen molar-refractivity contribution in [2.24, 2.45) is 0 Å². The van der Waals surface area contributed by atoms with Crippen molar-refractivity contribution in [3.63, 3.8) is 0 Å². The molecule has 3 rings (SSSR count). The van der Waals surface area contributed by atoms with Crippen LogP contribution >= 0.6 is 7.37 Å². The lowest BCUT2D eigenvalue weighted by Crippen LogP contribution is -2.34. The molecule has 1 atom stereocenters. The summed E-state index contributed by atoms with van der Waals surface area (Å²) in [4.78, 5) is 9.38. The van der Waals surface area contributed by atoms with Gasteiger partial charge in [-0.25, -0.2) is 9.13 Å². The molecule has 0 saturated heterocycles. The van der Waals surface area contributed by atoms with Gasteiger partial charge < -0.3 is 9.31 Å². The lowest BCUT2D eigenvalue weighted by atomic mass is 10.2. The van der Waals surface area contributed by atoms with Crippen molar-refractivity contribution in [1.82, 2.24) is 0 Å². The fourth-order valence-electron chi connectivity index (χ4n) is 2.55. The van der Waals surface area contributed by atoms with E-state index in [9.17, 15) is 9.46 Å². The Kier molecular flexibility index (Phi) is 5.16. The molecule has 6 heteroatoms. The standard InChI is InChI=1S/C19H22N2O3P/c1-3-20-10-6-16(7-11-20)18-4-5-19(24-18)17-8-12-21(13-9-17)14-15-25(2,22)23/h4-13H,3,14-15H2,1-2H3/q+1/p+1. The molecule has 0 aliphatic heterocycles. The molecule has 0 saturated carbocycles. The summed E-state index contributed by atoms with van der Waals surface area (Å²) in [6.07, 6.45) is 8.15. The van der Waals surface area contributed by atoms with Gasteiger partial charge in [0.25, 0.3) is 0 Å². The number of rotatable bonds is 6. The SMILES string of the molecule is CC[n+]1ccc(-c2ccc(-c3cc[n+](CCP(C)(=O)O)cc3)o2)cc1. The Morgan fingerprint density at radius 1 is 0.920 bits per heavy atom. The van der Waals surface area contributed by atoms with Gasteiger partial charge in [0.1, 0.15) is 18.1 Å². The van der Waals surface area contributed by atoms with Gasteiger partial charge in [0.15, 0.2) is 31.3 Å². The molecule has 0 radical (unpaired) electrons. The Balaban J connectivity index is 1.74. The molecule has 1 unspecified atom stereocenters. The molecule has 0 aliphatic carbocycles. The molecule has 0 aliphatic rings. The predicted octanol–water partition coefficient (Wildman–Crippen LogP) is 3.11. The molecule has 130 valence electrons. The van der Waals surface area contributed by atoms with Crippen molar-refractivity contribution in [3.8, 4) is 22.6 Å². The smallest absolute Gasteiger partial charge is 0.203 e. The quantitative estimate of drug-likeness (QED) is 0.544. The van der Waals surface area contributed by atoms with E-state index in [2.05, 4.69) is 11.5 Å². The van der Waals surface area contributed by atoms with Gasteiger partial charge in [0.2, 0.25) is 7.37 Å². The van der Waals surface area contributed by atoms with E-state index in [0.29, 0.717) is 6.54 Å². The molecule has 25 heavy (non-hydrogen) atoms. The van der Waals surface area contributed by atoms with Crippen LogP contribution in [0.2, 0.25) is 0 Å². The third kappa shape index (κ3) is 4.65. The lowest BCUT2D eigenvalue weighted by molar-refractivity contribution is -0.693. The molecular formula is C19H23N2O3P+2. The van der Waals surface area contributed by atoms with Crippen LogP contribution in [0.5, 0.6) is 0 Å². The zero-order valence-electron chi connectivity index (χ0n) is 14.5. The van der Waals surface area contributed by atoms with Crippen molar-refractivity contribution >= 4 is 7.37 Å². The summed E-state index contributed by atoms with van der Waals surface area (Å²) in [5.74, 6) is 1.64. The van der Waals surface area contributed by atoms with Crippen molar-refractivity contribution in [2.45, 2.75) is 20.0 Å². The van der Waals surface area contributed by atoms with Crippen molar-refractivity contribution in [2.75, 3.05) is 12.8 Å². The summed E-state index contributed by atoms with van der Waals surface area (Å²) in [7, 11) is -2.98. The molecular weight excluding hydrogens is 335 g/mol. The van der Waals surface area contributed by atoms with Gasteiger partial charge in [-0.15, -0.1) is 0 Å². The van der Waals surface area contributed by atoms with E-state index in [0.717, 1.165) is 29.2 Å². The highest BCUT2D eigenvalue weighted by Crippen LogP contribution is 2.34. The molecule has 1 N–H and O–H groups in total. The summed E-state index contributed by atoms with van der Waals surface area (Å²) in [6.45, 7) is 4.96. The monoisotopic (exact) mass is 358 g/mol. The second kappa shape index (κ2) is 7.34. The van der Waals surface area contributed by atoms with E-state index in [1.54, 1.807) is 0 Å². The minimum Gasteiger partial charge on any atom is -0.456 e. The molecule has 0 fully saturated rings. The Morgan fingerprint density at radius 3 is 1.84 bits per heavy atom. The highest BCUT2D eigenvalue weighted by molar-refractivity contribution is 7.57. The summed E-state index contributed by atoms with van der Waals surface area (Å²) >= 11 is 0. The zero-order chi connectivity index (χ0) is 17.9. The molecule has 0 aromatic carbocycles. The van der Waals surface area contributed by atoms with Crippen LogP contribution in [0.1, 0.15) is 6.92 Å². The third-order valence-corrected chi connectivity index (χ3v) is 5.13. The molecule has 5 nitrogen and oxygen atoms in total. The molecule has 3 heterocycles. The minimum atomic E-state index is -2.98. The predicted molar refractivity (Wildman–Crippen MR) is 96.3 cm³/mol. The Morgan fingerprint density at radius 2 is 1.40 bits per heavy atom. The van der Waals surface area contributed by atoms with Crippen LogP contribution in [0.3, 0.4) is 0 Å². The van der Waals surface area contributed by atoms with Crippen LogP contribution in [0.4, 0.5) is 0 Å². The van der Waals surface area contributed by atoms with Crippen LogP contribution in [-0.4, -0.2) is 17.7 Å². The fourth-order valence-corrected chi connectivity index (χ4v) is 3.15. The first-order valence-corrected chi connectivity index (χ1v) is 10.6. The van der Waals surface area contributed by atoms with Crippen LogP contribution in [0, 0.1) is 0 Å². The van der Waals surface area contributed by atoms with E-state index in [-0.39, 0.29) is 6.16 Å². The van der Waals surface area contributed by atoms with Gasteiger partial charge in [0, 0.05) is 42.1 Å². The van der Waals surface area contributed by atoms with Crippen molar-refractivity contribution < 1.29 is 23.0 Å². The van der Waals surface area contributed by atoms with Gasteiger partial charge in [0.05, 0.1) is 6.16 Å². The zero-order valence-corrected chi connectivity index (χ0v) is 15.4. The fraction of sp³-hybridized carbons (Fsp3) is 0.263. The molecule has 3 aromatic heterocycles. The Bertz CT molecular complexity index is 880. The Labute approximate surface area is 147 Å². The van der Waals surface area contributed by atoms with E-state index in [1.165, 1.54) is 6.66 Å². The van der Waals surface area contributed by atoms with Crippen molar-refractivity contribution in [1.29, 1.82) is 0 Å². The largest absolute Gasteiger partial charge is 0.456 e. The Hall–Kier alpha value is -2.23. The maximum atomic E-state index is 11.4. The molecule has 0 spiro atoms. The summed E-state index contributed by atoms with van der Waals surface area (Å²) in [6, 6.07) is 11.9. The van der Waals surface area contributed by atoms with Gasteiger partial charge in [-0.1, -0.05) is 0 Å². The highest BCUT2D eigenvalue weighted by atomic mass is 31.2. The van der Waals surface area contributed by atoms with E-state index >= 15 is 0 Å². The maximum absolute atomic E-state index is 11.4. The minimum absolute atomic E-state index is 0.272. The van der Waals surface area contributed by atoms with Crippen molar-refractivity contribution in [3.05, 3.63) is 61.2 Å². The second-order valence-electron chi connectivity index (χ2n) is 6.18. The number of furan rings is 1. The average Bonchev–Trinajstić information content (AvgIpc) is 3.10. The average molecular weight is 358 g/mol. The number of pyridine rings is 2. The van der Waals surface area contributed by atoms with E-state index < -0.39 is 7.37 Å². The van der Waals surface area contributed by atoms with E-state index in [1.807, 2.05) is 65.8 Å². The van der Waals surface area contributed by atoms with E-state index in [4.69, 9.17) is 4.42 Å².